The van der Waals surface area contributed by atoms with E-state index in [1.165, 1.54) is 25.7 Å². The highest BCUT2D eigenvalue weighted by Crippen LogP contribution is 2.39. The van der Waals surface area contributed by atoms with Crippen molar-refractivity contribution in [3.05, 3.63) is 30.1 Å². The molecule has 7 atom stereocenters. The molecule has 1 aromatic heterocycles. The summed E-state index contributed by atoms with van der Waals surface area (Å²) in [5, 5.41) is 20.7. The largest absolute Gasteiger partial charge is 0.392 e. The fourth-order valence-electron chi connectivity index (χ4n) is 7.52. The number of likely N-dealkylation sites (tertiary alicyclic amines) is 1. The summed E-state index contributed by atoms with van der Waals surface area (Å²) in [6.45, 7) is 15.5. The maximum absolute atomic E-state index is 13.9. The number of fused-ring (bicyclic) bond motifs is 2. The SMILES string of the molecule is CC[C@H](C)[C@H](NC(=O)C(CC(C)C)CC(O)CN1C[C@H]2CCCC[C@H]2C[C@H]1C(=O)NC(C)(C)C)C(=O)NCc1nc2ccccc2[nH]1. The molecule has 2 heterocycles. The molecular weight excluding hydrogens is 592 g/mol. The van der Waals surface area contributed by atoms with E-state index in [-0.39, 0.29) is 54.1 Å². The highest BCUT2D eigenvalue weighted by molar-refractivity contribution is 5.88. The number of amides is 3. The van der Waals surface area contributed by atoms with E-state index in [0.717, 1.165) is 30.4 Å². The third-order valence-electron chi connectivity index (χ3n) is 10.1. The minimum absolute atomic E-state index is 0.0234. The molecule has 2 unspecified atom stereocenters. The van der Waals surface area contributed by atoms with Gasteiger partial charge in [-0.1, -0.05) is 65.5 Å². The number of hydrogen-bond donors (Lipinski definition) is 5. The van der Waals surface area contributed by atoms with Gasteiger partial charge in [0.25, 0.3) is 0 Å². The van der Waals surface area contributed by atoms with Crippen LogP contribution in [-0.4, -0.2) is 74.5 Å². The van der Waals surface area contributed by atoms with Crippen LogP contribution in [0, 0.1) is 29.6 Å². The van der Waals surface area contributed by atoms with E-state index in [0.29, 0.717) is 30.6 Å². The lowest BCUT2D eigenvalue weighted by molar-refractivity contribution is -0.134. The summed E-state index contributed by atoms with van der Waals surface area (Å²) < 4.78 is 0. The van der Waals surface area contributed by atoms with Crippen LogP contribution in [0.2, 0.25) is 0 Å². The summed E-state index contributed by atoms with van der Waals surface area (Å²) in [7, 11) is 0. The molecule has 262 valence electrons. The zero-order valence-corrected chi connectivity index (χ0v) is 29.8. The van der Waals surface area contributed by atoms with Crippen LogP contribution in [0.15, 0.2) is 24.3 Å². The number of nitrogens with one attached hydrogen (secondary N) is 4. The smallest absolute Gasteiger partial charge is 0.243 e. The minimum Gasteiger partial charge on any atom is -0.392 e. The molecule has 47 heavy (non-hydrogen) atoms. The van der Waals surface area contributed by atoms with E-state index in [1.807, 2.05) is 58.9 Å². The Balaban J connectivity index is 1.42. The van der Waals surface area contributed by atoms with Gasteiger partial charge < -0.3 is 26.0 Å². The second-order valence-corrected chi connectivity index (χ2v) is 15.8. The van der Waals surface area contributed by atoms with Crippen LogP contribution >= 0.6 is 0 Å². The fourth-order valence-corrected chi connectivity index (χ4v) is 7.52. The highest BCUT2D eigenvalue weighted by atomic mass is 16.3. The number of rotatable bonds is 14. The molecule has 1 aliphatic carbocycles. The van der Waals surface area contributed by atoms with Gasteiger partial charge in [0.05, 0.1) is 29.7 Å². The van der Waals surface area contributed by atoms with Gasteiger partial charge in [-0.15, -0.1) is 0 Å². The monoisotopic (exact) mass is 652 g/mol. The second-order valence-electron chi connectivity index (χ2n) is 15.8. The number of aliphatic hydroxyl groups is 1. The first-order valence-corrected chi connectivity index (χ1v) is 18.0. The maximum atomic E-state index is 13.9. The van der Waals surface area contributed by atoms with Gasteiger partial charge in [0.2, 0.25) is 17.7 Å². The maximum Gasteiger partial charge on any atom is 0.243 e. The Hall–Kier alpha value is -2.98. The first-order chi connectivity index (χ1) is 22.2. The lowest BCUT2D eigenvalue weighted by Gasteiger charge is -2.46. The molecule has 2 fully saturated rings. The molecule has 2 aromatic rings. The van der Waals surface area contributed by atoms with Gasteiger partial charge in [-0.25, -0.2) is 4.98 Å². The summed E-state index contributed by atoms with van der Waals surface area (Å²) in [5.74, 6) is 0.977. The molecule has 0 radical (unpaired) electrons. The summed E-state index contributed by atoms with van der Waals surface area (Å²) in [6.07, 6.45) is 6.39. The number of nitrogens with zero attached hydrogens (tertiary/aromatic N) is 2. The van der Waals surface area contributed by atoms with Crippen molar-refractivity contribution in [2.24, 2.45) is 29.6 Å². The van der Waals surface area contributed by atoms with E-state index >= 15 is 0 Å². The predicted molar refractivity (Wildman–Crippen MR) is 186 cm³/mol. The Morgan fingerprint density at radius 1 is 1.04 bits per heavy atom. The summed E-state index contributed by atoms with van der Waals surface area (Å²) in [6, 6.07) is 6.72. The average Bonchev–Trinajstić information content (AvgIpc) is 3.43. The number of carbonyl (C=O) groups excluding carboxylic acids is 3. The van der Waals surface area contributed by atoms with Crippen molar-refractivity contribution >= 4 is 28.8 Å². The number of para-hydroxylation sites is 2. The van der Waals surface area contributed by atoms with Crippen molar-refractivity contribution < 1.29 is 19.5 Å². The number of carbonyl (C=O) groups is 3. The van der Waals surface area contributed by atoms with E-state index in [2.05, 4.69) is 44.7 Å². The number of piperidine rings is 1. The van der Waals surface area contributed by atoms with Crippen molar-refractivity contribution in [1.29, 1.82) is 0 Å². The van der Waals surface area contributed by atoms with Crippen molar-refractivity contribution in [1.82, 2.24) is 30.8 Å². The lowest BCUT2D eigenvalue weighted by atomic mass is 9.72. The molecule has 1 aromatic carbocycles. The second kappa shape index (κ2) is 16.4. The number of aromatic nitrogens is 2. The van der Waals surface area contributed by atoms with Gasteiger partial charge in [0, 0.05) is 24.5 Å². The van der Waals surface area contributed by atoms with Crippen LogP contribution in [0.4, 0.5) is 0 Å². The van der Waals surface area contributed by atoms with Crippen molar-refractivity contribution in [2.75, 3.05) is 13.1 Å². The van der Waals surface area contributed by atoms with Gasteiger partial charge in [-0.2, -0.15) is 0 Å². The molecule has 4 rings (SSSR count). The van der Waals surface area contributed by atoms with Gasteiger partial charge in [-0.3, -0.25) is 19.3 Å². The number of benzene rings is 1. The van der Waals surface area contributed by atoms with Crippen LogP contribution in [0.25, 0.3) is 11.0 Å². The van der Waals surface area contributed by atoms with Crippen molar-refractivity contribution in [3.8, 4) is 0 Å². The van der Waals surface area contributed by atoms with Crippen LogP contribution < -0.4 is 16.0 Å². The first kappa shape index (κ1) is 36.8. The Kier molecular flexibility index (Phi) is 12.9. The summed E-state index contributed by atoms with van der Waals surface area (Å²) >= 11 is 0. The molecule has 0 bridgehead atoms. The van der Waals surface area contributed by atoms with E-state index in [1.54, 1.807) is 0 Å². The number of aliphatic hydroxyl groups excluding tert-OH is 1. The molecule has 3 amide bonds. The summed E-state index contributed by atoms with van der Waals surface area (Å²) in [4.78, 5) is 50.7. The number of aromatic amines is 1. The number of imidazole rings is 1. The Labute approximate surface area is 281 Å². The van der Waals surface area contributed by atoms with E-state index in [9.17, 15) is 19.5 Å². The highest BCUT2D eigenvalue weighted by Gasteiger charge is 2.41. The average molecular weight is 653 g/mol. The molecule has 5 N–H and O–H groups in total. The third kappa shape index (κ3) is 10.5. The molecule has 1 aliphatic heterocycles. The standard InChI is InChI=1S/C37H60N6O4/c1-8-24(4)33(36(47)38-20-32-39-29-15-11-12-16-30(29)40-32)41-34(45)27(17-23(2)3)18-28(44)22-43-21-26-14-10-9-13-25(26)19-31(43)35(46)42-37(5,6)7/h11-12,15-16,23-28,31,33,44H,8-10,13-14,17-22H2,1-7H3,(H,38,47)(H,39,40)(H,41,45)(H,42,46)/t24-,25-,26+,27?,28?,31-,33-/m0/s1. The van der Waals surface area contributed by atoms with E-state index < -0.39 is 18.1 Å². The summed E-state index contributed by atoms with van der Waals surface area (Å²) in [5.41, 5.74) is 1.40. The quantitative estimate of drug-likeness (QED) is 0.196. The molecule has 10 nitrogen and oxygen atoms in total. The number of H-pyrrole nitrogens is 1. The third-order valence-corrected chi connectivity index (χ3v) is 10.1. The molecule has 10 heteroatoms. The number of β-amino-alcohol motifs (C(OH)–C–C–N with tert-alkyl or cyclic N) is 1. The van der Waals surface area contributed by atoms with Crippen molar-refractivity contribution in [2.45, 2.75) is 130 Å². The molecule has 1 saturated heterocycles. The van der Waals surface area contributed by atoms with Gasteiger partial charge in [0.15, 0.2) is 0 Å². The van der Waals surface area contributed by atoms with Crippen LogP contribution in [0.5, 0.6) is 0 Å². The van der Waals surface area contributed by atoms with Crippen LogP contribution in [0.3, 0.4) is 0 Å². The van der Waals surface area contributed by atoms with Crippen LogP contribution in [-0.2, 0) is 20.9 Å². The van der Waals surface area contributed by atoms with Gasteiger partial charge in [0.1, 0.15) is 11.9 Å². The first-order valence-electron chi connectivity index (χ1n) is 18.0. The molecule has 0 spiro atoms. The lowest BCUT2D eigenvalue weighted by Crippen LogP contribution is -2.58. The fraction of sp³-hybridized carbons (Fsp3) is 0.730. The Morgan fingerprint density at radius 2 is 1.74 bits per heavy atom. The van der Waals surface area contributed by atoms with Crippen molar-refractivity contribution in [3.63, 3.8) is 0 Å². The molecule has 1 saturated carbocycles. The Morgan fingerprint density at radius 3 is 2.40 bits per heavy atom. The van der Waals surface area contributed by atoms with Gasteiger partial charge in [-0.05, 0) is 82.3 Å². The van der Waals surface area contributed by atoms with Crippen LogP contribution in [0.1, 0.15) is 106 Å². The Bertz CT molecular complexity index is 1300. The molecular formula is C37H60N6O4. The van der Waals surface area contributed by atoms with Gasteiger partial charge >= 0.3 is 0 Å². The minimum atomic E-state index is -0.779. The number of hydrogen-bond acceptors (Lipinski definition) is 6. The molecule has 2 aliphatic rings. The topological polar surface area (TPSA) is 139 Å². The van der Waals surface area contributed by atoms with E-state index in [4.69, 9.17) is 0 Å². The zero-order valence-electron chi connectivity index (χ0n) is 29.8. The predicted octanol–water partition coefficient (Wildman–Crippen LogP) is 4.92. The zero-order chi connectivity index (χ0) is 34.3. The normalized spacial score (nSPS) is 23.0.